The fourth-order valence-corrected chi connectivity index (χ4v) is 1.35. The van der Waals surface area contributed by atoms with Crippen LogP contribution >= 0.6 is 0 Å². The lowest BCUT2D eigenvalue weighted by Gasteiger charge is -2.11. The highest BCUT2D eigenvalue weighted by atomic mass is 19.1. The van der Waals surface area contributed by atoms with Crippen LogP contribution < -0.4 is 0 Å². The van der Waals surface area contributed by atoms with Gasteiger partial charge in [0.05, 0.1) is 12.2 Å². The van der Waals surface area contributed by atoms with Crippen molar-refractivity contribution >= 4 is 5.97 Å². The van der Waals surface area contributed by atoms with E-state index in [2.05, 4.69) is 0 Å². The molecule has 1 atom stereocenters. The van der Waals surface area contributed by atoms with Crippen LogP contribution in [0.3, 0.4) is 0 Å². The average Bonchev–Trinajstić information content (AvgIpc) is 2.33. The second-order valence-corrected chi connectivity index (χ2v) is 4.11. The SMILES string of the molecule is COCCC(C)COC(=O)c1ccc(F)cc1F. The molecule has 0 bridgehead atoms. The topological polar surface area (TPSA) is 35.5 Å². The summed E-state index contributed by atoms with van der Waals surface area (Å²) in [6, 6.07) is 2.76. The van der Waals surface area contributed by atoms with Gasteiger partial charge >= 0.3 is 5.97 Å². The zero-order chi connectivity index (χ0) is 13.5. The molecule has 0 fully saturated rings. The van der Waals surface area contributed by atoms with Crippen molar-refractivity contribution < 1.29 is 23.0 Å². The summed E-state index contributed by atoms with van der Waals surface area (Å²) in [7, 11) is 1.59. The van der Waals surface area contributed by atoms with Crippen LogP contribution in [0.25, 0.3) is 0 Å². The minimum absolute atomic E-state index is 0.123. The van der Waals surface area contributed by atoms with E-state index in [4.69, 9.17) is 9.47 Å². The van der Waals surface area contributed by atoms with Crippen molar-refractivity contribution in [2.24, 2.45) is 5.92 Å². The Balaban J connectivity index is 2.50. The van der Waals surface area contributed by atoms with E-state index in [0.717, 1.165) is 18.6 Å². The Labute approximate surface area is 105 Å². The van der Waals surface area contributed by atoms with Crippen LogP contribution in [0, 0.1) is 17.6 Å². The molecule has 0 radical (unpaired) electrons. The fourth-order valence-electron chi connectivity index (χ4n) is 1.35. The number of carbonyl (C=O) groups excluding carboxylic acids is 1. The molecule has 1 unspecified atom stereocenters. The molecule has 0 amide bonds. The van der Waals surface area contributed by atoms with E-state index < -0.39 is 17.6 Å². The average molecular weight is 258 g/mol. The molecule has 0 saturated carbocycles. The van der Waals surface area contributed by atoms with Gasteiger partial charge in [0.2, 0.25) is 0 Å². The zero-order valence-electron chi connectivity index (χ0n) is 10.4. The number of carbonyl (C=O) groups is 1. The van der Waals surface area contributed by atoms with E-state index in [1.807, 2.05) is 6.92 Å². The molecule has 0 aliphatic rings. The zero-order valence-corrected chi connectivity index (χ0v) is 10.4. The predicted octanol–water partition coefficient (Wildman–Crippen LogP) is 2.79. The Bertz CT molecular complexity index is 407. The Kier molecular flexibility index (Phi) is 5.71. The van der Waals surface area contributed by atoms with Gasteiger partial charge in [0.15, 0.2) is 0 Å². The van der Waals surface area contributed by atoms with Crippen molar-refractivity contribution in [1.29, 1.82) is 0 Å². The molecule has 18 heavy (non-hydrogen) atoms. The number of rotatable bonds is 6. The number of ether oxygens (including phenoxy) is 2. The van der Waals surface area contributed by atoms with E-state index >= 15 is 0 Å². The number of halogens is 2. The predicted molar refractivity (Wildman–Crippen MR) is 62.3 cm³/mol. The molecule has 1 aromatic carbocycles. The lowest BCUT2D eigenvalue weighted by molar-refractivity contribution is 0.0419. The van der Waals surface area contributed by atoms with Crippen LogP contribution in [0.1, 0.15) is 23.7 Å². The molecule has 0 spiro atoms. The van der Waals surface area contributed by atoms with Gasteiger partial charge in [-0.15, -0.1) is 0 Å². The third kappa shape index (κ3) is 4.41. The van der Waals surface area contributed by atoms with Gasteiger partial charge < -0.3 is 9.47 Å². The number of hydrogen-bond donors (Lipinski definition) is 0. The maximum atomic E-state index is 13.3. The van der Waals surface area contributed by atoms with Crippen LogP contribution in [0.4, 0.5) is 8.78 Å². The van der Waals surface area contributed by atoms with Crippen molar-refractivity contribution in [3.63, 3.8) is 0 Å². The van der Waals surface area contributed by atoms with E-state index in [1.54, 1.807) is 7.11 Å². The molecule has 100 valence electrons. The summed E-state index contributed by atoms with van der Waals surface area (Å²) < 4.78 is 35.8. The smallest absolute Gasteiger partial charge is 0.341 e. The largest absolute Gasteiger partial charge is 0.462 e. The van der Waals surface area contributed by atoms with Crippen LogP contribution in [0.15, 0.2) is 18.2 Å². The second kappa shape index (κ2) is 7.06. The molecule has 0 aliphatic carbocycles. The summed E-state index contributed by atoms with van der Waals surface area (Å²) in [6.07, 6.45) is 0.746. The van der Waals surface area contributed by atoms with Crippen molar-refractivity contribution in [2.75, 3.05) is 20.3 Å². The number of hydrogen-bond acceptors (Lipinski definition) is 3. The van der Waals surface area contributed by atoms with E-state index in [1.165, 1.54) is 0 Å². The number of benzene rings is 1. The van der Waals surface area contributed by atoms with Gasteiger partial charge in [0, 0.05) is 19.8 Å². The van der Waals surface area contributed by atoms with Crippen molar-refractivity contribution in [3.05, 3.63) is 35.4 Å². The summed E-state index contributed by atoms with van der Waals surface area (Å²) in [5.74, 6) is -2.30. The third-order valence-electron chi connectivity index (χ3n) is 2.46. The fraction of sp³-hybridized carbons (Fsp3) is 0.462. The van der Waals surface area contributed by atoms with Gasteiger partial charge in [0.1, 0.15) is 11.6 Å². The van der Waals surface area contributed by atoms with Crippen LogP contribution in [0.2, 0.25) is 0 Å². The van der Waals surface area contributed by atoms with Crippen LogP contribution in [-0.4, -0.2) is 26.3 Å². The maximum absolute atomic E-state index is 13.3. The first-order valence-corrected chi connectivity index (χ1v) is 5.65. The van der Waals surface area contributed by atoms with Gasteiger partial charge in [0.25, 0.3) is 0 Å². The molecule has 0 aromatic heterocycles. The van der Waals surface area contributed by atoms with Crippen LogP contribution in [0.5, 0.6) is 0 Å². The quantitative estimate of drug-likeness (QED) is 0.736. The number of methoxy groups -OCH3 is 1. The van der Waals surface area contributed by atoms with E-state index in [-0.39, 0.29) is 18.1 Å². The summed E-state index contributed by atoms with van der Waals surface area (Å²) in [5, 5.41) is 0. The molecule has 1 aromatic rings. The van der Waals surface area contributed by atoms with Crippen molar-refractivity contribution in [1.82, 2.24) is 0 Å². The minimum atomic E-state index is -0.912. The Hall–Kier alpha value is -1.49. The van der Waals surface area contributed by atoms with Gasteiger partial charge in [-0.25, -0.2) is 13.6 Å². The number of esters is 1. The van der Waals surface area contributed by atoms with E-state index in [9.17, 15) is 13.6 Å². The standard InChI is InChI=1S/C13H16F2O3/c1-9(5-6-17-2)8-18-13(16)11-4-3-10(14)7-12(11)15/h3-4,7,9H,5-6,8H2,1-2H3. The second-order valence-electron chi connectivity index (χ2n) is 4.11. The molecule has 0 aliphatic heterocycles. The summed E-state index contributed by atoms with van der Waals surface area (Å²) in [4.78, 5) is 11.5. The monoisotopic (exact) mass is 258 g/mol. The molecule has 0 heterocycles. The van der Waals surface area contributed by atoms with Gasteiger partial charge in [-0.1, -0.05) is 6.92 Å². The third-order valence-corrected chi connectivity index (χ3v) is 2.46. The van der Waals surface area contributed by atoms with E-state index in [0.29, 0.717) is 12.7 Å². The summed E-state index contributed by atoms with van der Waals surface area (Å²) in [5.41, 5.74) is -0.254. The lowest BCUT2D eigenvalue weighted by atomic mass is 10.1. The normalized spacial score (nSPS) is 12.2. The molecule has 3 nitrogen and oxygen atoms in total. The Morgan fingerprint density at radius 3 is 2.72 bits per heavy atom. The highest BCUT2D eigenvalue weighted by Gasteiger charge is 2.15. The summed E-state index contributed by atoms with van der Waals surface area (Å²) in [6.45, 7) is 2.65. The Morgan fingerprint density at radius 2 is 2.11 bits per heavy atom. The maximum Gasteiger partial charge on any atom is 0.341 e. The first-order valence-electron chi connectivity index (χ1n) is 5.65. The molecule has 1 rings (SSSR count). The van der Waals surface area contributed by atoms with Gasteiger partial charge in [-0.05, 0) is 24.5 Å². The molecule has 0 N–H and O–H groups in total. The highest BCUT2D eigenvalue weighted by molar-refractivity contribution is 5.89. The minimum Gasteiger partial charge on any atom is -0.462 e. The van der Waals surface area contributed by atoms with Crippen molar-refractivity contribution in [3.8, 4) is 0 Å². The highest BCUT2D eigenvalue weighted by Crippen LogP contribution is 2.12. The molecular weight excluding hydrogens is 242 g/mol. The molecule has 0 saturated heterocycles. The lowest BCUT2D eigenvalue weighted by Crippen LogP contribution is -2.14. The van der Waals surface area contributed by atoms with Crippen molar-refractivity contribution in [2.45, 2.75) is 13.3 Å². The first-order chi connectivity index (χ1) is 8.54. The molecular formula is C13H16F2O3. The Morgan fingerprint density at radius 1 is 1.39 bits per heavy atom. The van der Waals surface area contributed by atoms with Crippen LogP contribution in [-0.2, 0) is 9.47 Å². The first kappa shape index (κ1) is 14.6. The molecule has 5 heteroatoms. The van der Waals surface area contributed by atoms with Gasteiger partial charge in [-0.3, -0.25) is 0 Å². The van der Waals surface area contributed by atoms with Gasteiger partial charge in [-0.2, -0.15) is 0 Å². The summed E-state index contributed by atoms with van der Waals surface area (Å²) >= 11 is 0.